The number of hydrogen-bond donors (Lipinski definition) is 3. The summed E-state index contributed by atoms with van der Waals surface area (Å²) in [6, 6.07) is 4.60. The zero-order valence-corrected chi connectivity index (χ0v) is 6.90. The topological polar surface area (TPSA) is 50.1 Å². The van der Waals surface area contributed by atoms with Gasteiger partial charge in [0.05, 0.1) is 12.2 Å². The van der Waals surface area contributed by atoms with Crippen molar-refractivity contribution in [3.63, 3.8) is 0 Å². The molecule has 60 valence electrons. The van der Waals surface area contributed by atoms with E-state index in [1.807, 2.05) is 0 Å². The molecule has 0 bridgehead atoms. The number of nitrogens with one attached hydrogen (secondary N) is 2. The van der Waals surface area contributed by atoms with E-state index in [2.05, 4.69) is 28.4 Å². The highest BCUT2D eigenvalue weighted by molar-refractivity contribution is 7.10. The Bertz CT molecular complexity index is 222. The molecular weight excluding hydrogens is 158 g/mol. The summed E-state index contributed by atoms with van der Waals surface area (Å²) in [5.74, 6) is 0. The lowest BCUT2D eigenvalue weighted by atomic mass is 10.2. The van der Waals surface area contributed by atoms with Crippen LogP contribution in [0.3, 0.4) is 0 Å². The number of nitrogens with two attached hydrogens (primary N) is 1. The number of thiophene rings is 1. The average Bonchev–Trinajstić information content (AvgIpc) is 2.55. The lowest BCUT2D eigenvalue weighted by Crippen LogP contribution is -2.36. The van der Waals surface area contributed by atoms with Crippen molar-refractivity contribution in [2.75, 3.05) is 0 Å². The minimum atomic E-state index is 0.0992. The van der Waals surface area contributed by atoms with Gasteiger partial charge in [0.15, 0.2) is 0 Å². The molecule has 0 spiro atoms. The molecule has 0 aromatic carbocycles. The highest BCUT2D eigenvalue weighted by Crippen LogP contribution is 2.24. The monoisotopic (exact) mass is 169 g/mol. The third-order valence-corrected chi connectivity index (χ3v) is 2.81. The lowest BCUT2D eigenvalue weighted by molar-refractivity contribution is 0.554. The normalized spacial score (nSPS) is 31.0. The first-order valence-corrected chi connectivity index (χ1v) is 4.54. The molecule has 0 amide bonds. The molecule has 1 aromatic rings. The van der Waals surface area contributed by atoms with E-state index >= 15 is 0 Å². The summed E-state index contributed by atoms with van der Waals surface area (Å²) in [5.41, 5.74) is 11.8. The smallest absolute Gasteiger partial charge is 0.0698 e. The molecular formula is C7H11N3S. The first-order chi connectivity index (χ1) is 5.36. The van der Waals surface area contributed by atoms with E-state index in [1.54, 1.807) is 11.3 Å². The average molecular weight is 169 g/mol. The van der Waals surface area contributed by atoms with Gasteiger partial charge in [-0.25, -0.2) is 10.9 Å². The van der Waals surface area contributed by atoms with Gasteiger partial charge < -0.3 is 5.73 Å². The van der Waals surface area contributed by atoms with E-state index in [0.29, 0.717) is 6.04 Å². The summed E-state index contributed by atoms with van der Waals surface area (Å²) in [5, 5.41) is 2.08. The second-order valence-corrected chi connectivity index (χ2v) is 3.68. The Morgan fingerprint density at radius 2 is 2.45 bits per heavy atom. The van der Waals surface area contributed by atoms with Crippen molar-refractivity contribution < 1.29 is 0 Å². The van der Waals surface area contributed by atoms with Gasteiger partial charge in [0.1, 0.15) is 0 Å². The van der Waals surface area contributed by atoms with Gasteiger partial charge in [-0.2, -0.15) is 0 Å². The fourth-order valence-corrected chi connectivity index (χ4v) is 2.05. The Morgan fingerprint density at radius 1 is 1.55 bits per heavy atom. The summed E-state index contributed by atoms with van der Waals surface area (Å²) in [7, 11) is 0. The minimum absolute atomic E-state index is 0.0992. The Labute approximate surface area is 69.6 Å². The summed E-state index contributed by atoms with van der Waals surface area (Å²) in [6.07, 6.45) is 1.07. The van der Waals surface area contributed by atoms with E-state index < -0.39 is 0 Å². The molecule has 1 fully saturated rings. The molecule has 4 heteroatoms. The van der Waals surface area contributed by atoms with Gasteiger partial charge in [-0.3, -0.25) is 0 Å². The van der Waals surface area contributed by atoms with Crippen LogP contribution in [0.15, 0.2) is 17.5 Å². The van der Waals surface area contributed by atoms with Gasteiger partial charge in [-0.1, -0.05) is 6.07 Å². The third-order valence-electron chi connectivity index (χ3n) is 1.82. The van der Waals surface area contributed by atoms with Crippen molar-refractivity contribution in [1.29, 1.82) is 0 Å². The van der Waals surface area contributed by atoms with E-state index in [9.17, 15) is 0 Å². The Balaban J connectivity index is 2.08. The number of rotatable bonds is 1. The van der Waals surface area contributed by atoms with Crippen molar-refractivity contribution in [3.8, 4) is 0 Å². The predicted molar refractivity (Wildman–Crippen MR) is 45.9 cm³/mol. The van der Waals surface area contributed by atoms with Crippen LogP contribution in [-0.2, 0) is 0 Å². The van der Waals surface area contributed by atoms with Crippen molar-refractivity contribution >= 4 is 11.3 Å². The second-order valence-electron chi connectivity index (χ2n) is 2.70. The third kappa shape index (κ3) is 1.44. The van der Waals surface area contributed by atoms with Crippen LogP contribution in [0.25, 0.3) is 0 Å². The van der Waals surface area contributed by atoms with Gasteiger partial charge in [-0.05, 0) is 17.9 Å². The van der Waals surface area contributed by atoms with Gasteiger partial charge in [0, 0.05) is 4.88 Å². The van der Waals surface area contributed by atoms with Crippen molar-refractivity contribution in [3.05, 3.63) is 22.4 Å². The van der Waals surface area contributed by atoms with Gasteiger partial charge >= 0.3 is 0 Å². The molecule has 3 nitrogen and oxygen atoms in total. The van der Waals surface area contributed by atoms with Crippen LogP contribution in [0.5, 0.6) is 0 Å². The zero-order valence-electron chi connectivity index (χ0n) is 6.08. The molecule has 11 heavy (non-hydrogen) atoms. The molecule has 1 aliphatic heterocycles. The largest absolute Gasteiger partial charge is 0.315 e. The Morgan fingerprint density at radius 3 is 3.00 bits per heavy atom. The minimum Gasteiger partial charge on any atom is -0.315 e. The molecule has 2 rings (SSSR count). The summed E-state index contributed by atoms with van der Waals surface area (Å²) in [4.78, 5) is 1.35. The maximum absolute atomic E-state index is 5.66. The highest BCUT2D eigenvalue weighted by Gasteiger charge is 2.22. The van der Waals surface area contributed by atoms with Crippen LogP contribution in [0.4, 0.5) is 0 Å². The van der Waals surface area contributed by atoms with Crippen LogP contribution >= 0.6 is 11.3 Å². The maximum atomic E-state index is 5.66. The molecule has 2 unspecified atom stereocenters. The number of hydrogen-bond acceptors (Lipinski definition) is 4. The Kier molecular flexibility index (Phi) is 1.91. The fourth-order valence-electron chi connectivity index (χ4n) is 1.26. The van der Waals surface area contributed by atoms with Gasteiger partial charge in [0.25, 0.3) is 0 Å². The SMILES string of the molecule is NC1CC(c2cccs2)NN1. The second kappa shape index (κ2) is 2.91. The van der Waals surface area contributed by atoms with Crippen LogP contribution in [0, 0.1) is 0 Å². The molecule has 1 aliphatic rings. The van der Waals surface area contributed by atoms with Gasteiger partial charge in [0.2, 0.25) is 0 Å². The molecule has 1 saturated heterocycles. The van der Waals surface area contributed by atoms with Crippen LogP contribution in [-0.4, -0.2) is 6.17 Å². The van der Waals surface area contributed by atoms with Crippen molar-refractivity contribution in [2.45, 2.75) is 18.6 Å². The fraction of sp³-hybridized carbons (Fsp3) is 0.429. The highest BCUT2D eigenvalue weighted by atomic mass is 32.1. The van der Waals surface area contributed by atoms with E-state index in [0.717, 1.165) is 6.42 Å². The number of hydrazine groups is 1. The van der Waals surface area contributed by atoms with Crippen LogP contribution in [0.2, 0.25) is 0 Å². The van der Waals surface area contributed by atoms with Crippen molar-refractivity contribution in [1.82, 2.24) is 10.9 Å². The molecule has 0 radical (unpaired) electrons. The van der Waals surface area contributed by atoms with Crippen molar-refractivity contribution in [2.24, 2.45) is 5.73 Å². The summed E-state index contributed by atoms with van der Waals surface area (Å²) >= 11 is 1.76. The first-order valence-electron chi connectivity index (χ1n) is 3.66. The Hall–Kier alpha value is -0.420. The quantitative estimate of drug-likeness (QED) is 0.576. The molecule has 0 saturated carbocycles. The van der Waals surface area contributed by atoms with Gasteiger partial charge in [-0.15, -0.1) is 11.3 Å². The predicted octanol–water partition coefficient (Wildman–Crippen LogP) is 0.572. The zero-order chi connectivity index (χ0) is 7.68. The van der Waals surface area contributed by atoms with E-state index in [-0.39, 0.29) is 6.17 Å². The van der Waals surface area contributed by atoms with E-state index in [4.69, 9.17) is 5.73 Å². The molecule has 1 aromatic heterocycles. The molecule has 2 heterocycles. The molecule has 2 atom stereocenters. The first kappa shape index (κ1) is 7.24. The van der Waals surface area contributed by atoms with E-state index in [1.165, 1.54) is 4.88 Å². The summed E-state index contributed by atoms with van der Waals surface area (Å²) in [6.45, 7) is 0. The van der Waals surface area contributed by atoms with Crippen LogP contribution in [0.1, 0.15) is 17.3 Å². The van der Waals surface area contributed by atoms with Crippen LogP contribution < -0.4 is 16.6 Å². The lowest BCUT2D eigenvalue weighted by Gasteiger charge is -2.04. The standard InChI is InChI=1S/C7H11N3S/c8-7-4-5(9-10-7)6-2-1-3-11-6/h1-3,5,7,9-10H,4,8H2. The summed E-state index contributed by atoms with van der Waals surface area (Å²) < 4.78 is 0. The molecule has 4 N–H and O–H groups in total. The molecule has 0 aliphatic carbocycles. The maximum Gasteiger partial charge on any atom is 0.0698 e.